The van der Waals surface area contributed by atoms with Crippen LogP contribution in [0.25, 0.3) is 33.5 Å². The molecular formula is C32H30N8O. The largest absolute Gasteiger partial charge is 0.337 e. The first kappa shape index (κ1) is 25.2. The monoisotopic (exact) mass is 542 g/mol. The van der Waals surface area contributed by atoms with Crippen LogP contribution in [0.2, 0.25) is 0 Å². The minimum absolute atomic E-state index is 0.0265. The van der Waals surface area contributed by atoms with Crippen molar-refractivity contribution in [1.82, 2.24) is 30.2 Å². The standard InChI is InChI=1S/C32H30N8O/c41-28(16-20-9-13-33-14-10-20)37-23-17-22(18-34-19-23)25-8-7-21-11-15-36-31(29(21)38-25)32-39-27-6-3-4-24(30(27)40-32)26-5-1-2-12-35-26/h1-8,12,17-20,33H,9-11,13-16H2,(H,37,41)(H,39,40). The van der Waals surface area contributed by atoms with E-state index >= 15 is 0 Å². The molecule has 0 unspecified atom stereocenters. The Morgan fingerprint density at radius 3 is 2.78 bits per heavy atom. The Morgan fingerprint density at radius 1 is 0.976 bits per heavy atom. The third-order valence-corrected chi connectivity index (χ3v) is 7.78. The van der Waals surface area contributed by atoms with Gasteiger partial charge in [0.15, 0.2) is 5.82 Å². The van der Waals surface area contributed by atoms with E-state index in [0.717, 1.165) is 82.9 Å². The number of aromatic amines is 1. The average Bonchev–Trinajstić information content (AvgIpc) is 3.46. The van der Waals surface area contributed by atoms with E-state index in [2.05, 4.69) is 31.7 Å². The summed E-state index contributed by atoms with van der Waals surface area (Å²) in [5.74, 6) is 1.13. The molecule has 0 saturated carbocycles. The van der Waals surface area contributed by atoms with Gasteiger partial charge in [0.2, 0.25) is 5.91 Å². The maximum atomic E-state index is 12.7. The summed E-state index contributed by atoms with van der Waals surface area (Å²) in [5, 5.41) is 6.39. The molecule has 0 atom stereocenters. The number of hydrogen-bond donors (Lipinski definition) is 3. The molecule has 1 amide bonds. The van der Waals surface area contributed by atoms with Crippen molar-refractivity contribution in [3.63, 3.8) is 0 Å². The molecule has 2 aliphatic rings. The van der Waals surface area contributed by atoms with E-state index in [4.69, 9.17) is 15.0 Å². The van der Waals surface area contributed by atoms with Gasteiger partial charge < -0.3 is 15.6 Å². The molecule has 0 spiro atoms. The number of nitrogens with one attached hydrogen (secondary N) is 3. The van der Waals surface area contributed by atoms with Crippen LogP contribution in [-0.4, -0.2) is 56.2 Å². The lowest BCUT2D eigenvalue weighted by Gasteiger charge is -2.21. The molecule has 0 radical (unpaired) electrons. The van der Waals surface area contributed by atoms with Gasteiger partial charge in [-0.25, -0.2) is 9.97 Å². The van der Waals surface area contributed by atoms with E-state index in [9.17, 15) is 4.79 Å². The van der Waals surface area contributed by atoms with Crippen LogP contribution in [0.4, 0.5) is 5.69 Å². The molecule has 1 aromatic carbocycles. The molecule has 7 rings (SSSR count). The Balaban J connectivity index is 1.18. The van der Waals surface area contributed by atoms with Gasteiger partial charge in [-0.1, -0.05) is 24.3 Å². The van der Waals surface area contributed by atoms with Gasteiger partial charge in [0.25, 0.3) is 0 Å². The molecule has 2 aliphatic heterocycles. The number of pyridine rings is 3. The third kappa shape index (κ3) is 5.24. The predicted molar refractivity (Wildman–Crippen MR) is 160 cm³/mol. The van der Waals surface area contributed by atoms with E-state index in [0.29, 0.717) is 30.4 Å². The molecular weight excluding hydrogens is 512 g/mol. The number of anilines is 1. The van der Waals surface area contributed by atoms with E-state index < -0.39 is 0 Å². The quantitative estimate of drug-likeness (QED) is 0.283. The highest BCUT2D eigenvalue weighted by Crippen LogP contribution is 2.29. The molecule has 204 valence electrons. The fourth-order valence-electron chi connectivity index (χ4n) is 5.69. The lowest BCUT2D eigenvalue weighted by Crippen LogP contribution is -2.30. The highest BCUT2D eigenvalue weighted by atomic mass is 16.1. The van der Waals surface area contributed by atoms with E-state index in [1.807, 2.05) is 48.5 Å². The number of H-pyrrole nitrogens is 1. The minimum atomic E-state index is 0.0265. The zero-order chi connectivity index (χ0) is 27.6. The number of amides is 1. The zero-order valence-electron chi connectivity index (χ0n) is 22.6. The number of carbonyl (C=O) groups excluding carboxylic acids is 1. The van der Waals surface area contributed by atoms with Crippen LogP contribution in [0.5, 0.6) is 0 Å². The number of fused-ring (bicyclic) bond motifs is 2. The SMILES string of the molecule is O=C(CC1CCNCC1)Nc1cncc(-c2ccc3c(n2)C(c2nc4c(-c5ccccn5)cccc4[nH]2)=NCC3)c1. The van der Waals surface area contributed by atoms with Crippen molar-refractivity contribution in [2.24, 2.45) is 10.9 Å². The van der Waals surface area contributed by atoms with Crippen molar-refractivity contribution < 1.29 is 4.79 Å². The lowest BCUT2D eigenvalue weighted by molar-refractivity contribution is -0.117. The van der Waals surface area contributed by atoms with Crippen molar-refractivity contribution >= 4 is 28.3 Å². The summed E-state index contributed by atoms with van der Waals surface area (Å²) in [6, 6.07) is 18.0. The Hall–Kier alpha value is -4.76. The molecule has 0 aliphatic carbocycles. The molecule has 3 N–H and O–H groups in total. The van der Waals surface area contributed by atoms with Crippen LogP contribution in [0.15, 0.2) is 78.2 Å². The van der Waals surface area contributed by atoms with Crippen molar-refractivity contribution in [3.8, 4) is 22.5 Å². The van der Waals surface area contributed by atoms with Crippen molar-refractivity contribution in [2.75, 3.05) is 25.0 Å². The Labute approximate surface area is 237 Å². The van der Waals surface area contributed by atoms with E-state index in [1.165, 1.54) is 0 Å². The fraction of sp³-hybridized carbons (Fsp3) is 0.250. The molecule has 9 nitrogen and oxygen atoms in total. The fourth-order valence-corrected chi connectivity index (χ4v) is 5.69. The van der Waals surface area contributed by atoms with Gasteiger partial charge in [0.05, 0.1) is 40.0 Å². The second-order valence-electron chi connectivity index (χ2n) is 10.6. The molecule has 41 heavy (non-hydrogen) atoms. The van der Waals surface area contributed by atoms with Crippen LogP contribution in [-0.2, 0) is 11.2 Å². The average molecular weight is 543 g/mol. The smallest absolute Gasteiger partial charge is 0.224 e. The first-order valence-electron chi connectivity index (χ1n) is 14.1. The topological polar surface area (TPSA) is 121 Å². The van der Waals surface area contributed by atoms with Crippen LogP contribution in [0.3, 0.4) is 0 Å². The first-order valence-corrected chi connectivity index (χ1v) is 14.1. The number of benzene rings is 1. The molecule has 5 aromatic rings. The number of aliphatic imine (C=N–C) groups is 1. The zero-order valence-corrected chi connectivity index (χ0v) is 22.6. The summed E-state index contributed by atoms with van der Waals surface area (Å²) < 4.78 is 0. The number of aromatic nitrogens is 5. The van der Waals surface area contributed by atoms with Crippen molar-refractivity contribution in [2.45, 2.75) is 25.7 Å². The van der Waals surface area contributed by atoms with Gasteiger partial charge in [0.1, 0.15) is 5.71 Å². The molecule has 0 bridgehead atoms. The van der Waals surface area contributed by atoms with E-state index in [1.54, 1.807) is 18.6 Å². The normalized spacial score (nSPS) is 15.4. The number of piperidine rings is 1. The molecule has 6 heterocycles. The van der Waals surface area contributed by atoms with Crippen LogP contribution >= 0.6 is 0 Å². The highest BCUT2D eigenvalue weighted by molar-refractivity contribution is 6.12. The number of imidazole rings is 1. The Bertz CT molecular complexity index is 1750. The second-order valence-corrected chi connectivity index (χ2v) is 10.6. The number of para-hydroxylation sites is 1. The molecule has 1 saturated heterocycles. The van der Waals surface area contributed by atoms with Gasteiger partial charge in [0, 0.05) is 36.5 Å². The molecule has 4 aromatic heterocycles. The molecule has 1 fully saturated rings. The van der Waals surface area contributed by atoms with Gasteiger partial charge in [-0.2, -0.15) is 0 Å². The van der Waals surface area contributed by atoms with Crippen LogP contribution < -0.4 is 10.6 Å². The Morgan fingerprint density at radius 2 is 1.90 bits per heavy atom. The second kappa shape index (κ2) is 11.0. The number of rotatable bonds is 6. The van der Waals surface area contributed by atoms with Gasteiger partial charge in [-0.15, -0.1) is 0 Å². The molecule has 9 heteroatoms. The van der Waals surface area contributed by atoms with Crippen LogP contribution in [0.1, 0.15) is 36.3 Å². The first-order chi connectivity index (χ1) is 20.2. The van der Waals surface area contributed by atoms with Crippen LogP contribution in [0, 0.1) is 5.92 Å². The summed E-state index contributed by atoms with van der Waals surface area (Å²) in [5.41, 5.74) is 8.58. The number of carbonyl (C=O) groups is 1. The number of hydrogen-bond acceptors (Lipinski definition) is 7. The summed E-state index contributed by atoms with van der Waals surface area (Å²) in [6.07, 6.45) is 8.66. The minimum Gasteiger partial charge on any atom is -0.337 e. The lowest BCUT2D eigenvalue weighted by atomic mass is 9.94. The predicted octanol–water partition coefficient (Wildman–Crippen LogP) is 4.80. The van der Waals surface area contributed by atoms with Gasteiger partial charge >= 0.3 is 0 Å². The highest BCUT2D eigenvalue weighted by Gasteiger charge is 2.23. The number of nitrogens with zero attached hydrogens (tertiary/aromatic N) is 5. The maximum Gasteiger partial charge on any atom is 0.224 e. The van der Waals surface area contributed by atoms with Crippen molar-refractivity contribution in [3.05, 3.63) is 90.3 Å². The van der Waals surface area contributed by atoms with Crippen molar-refractivity contribution in [1.29, 1.82) is 0 Å². The third-order valence-electron chi connectivity index (χ3n) is 7.78. The summed E-state index contributed by atoms with van der Waals surface area (Å²) >= 11 is 0. The van der Waals surface area contributed by atoms with Gasteiger partial charge in [-0.3, -0.25) is 19.8 Å². The summed E-state index contributed by atoms with van der Waals surface area (Å²) in [7, 11) is 0. The maximum absolute atomic E-state index is 12.7. The summed E-state index contributed by atoms with van der Waals surface area (Å²) in [4.78, 5) is 40.0. The summed E-state index contributed by atoms with van der Waals surface area (Å²) in [6.45, 7) is 2.63. The Kier molecular flexibility index (Phi) is 6.78. The van der Waals surface area contributed by atoms with E-state index in [-0.39, 0.29) is 5.91 Å². The van der Waals surface area contributed by atoms with Gasteiger partial charge in [-0.05, 0) is 74.2 Å².